The zero-order chi connectivity index (χ0) is 16.5. The minimum Gasteiger partial charge on any atom is -0.353 e. The molecule has 1 fully saturated rings. The van der Waals surface area contributed by atoms with Crippen molar-refractivity contribution in [1.82, 2.24) is 10.2 Å². The maximum Gasteiger partial charge on any atom is 0.234 e. The maximum atomic E-state index is 14.0. The number of nitriles is 1. The van der Waals surface area contributed by atoms with E-state index in [-0.39, 0.29) is 41.6 Å². The monoisotopic (exact) mass is 307 g/mol. The first-order chi connectivity index (χ1) is 10.2. The zero-order valence-electron chi connectivity index (χ0n) is 12.9. The highest BCUT2D eigenvalue weighted by Crippen LogP contribution is 2.27. The zero-order valence-corrected chi connectivity index (χ0v) is 12.9. The molecule has 4 nitrogen and oxygen atoms in total. The minimum absolute atomic E-state index is 0.0280. The summed E-state index contributed by atoms with van der Waals surface area (Å²) in [6, 6.07) is 3.68. The van der Waals surface area contributed by atoms with Gasteiger partial charge in [-0.2, -0.15) is 5.26 Å². The largest absolute Gasteiger partial charge is 0.353 e. The molecule has 1 aromatic rings. The Kier molecular flexibility index (Phi) is 4.47. The molecule has 6 heteroatoms. The van der Waals surface area contributed by atoms with Crippen molar-refractivity contribution in [2.45, 2.75) is 33.4 Å². The fourth-order valence-electron chi connectivity index (χ4n) is 2.73. The van der Waals surface area contributed by atoms with Gasteiger partial charge in [-0.15, -0.1) is 0 Å². The van der Waals surface area contributed by atoms with E-state index in [1.807, 2.05) is 25.7 Å². The molecule has 1 aromatic carbocycles. The van der Waals surface area contributed by atoms with Gasteiger partial charge in [0.2, 0.25) is 5.91 Å². The molecule has 1 unspecified atom stereocenters. The quantitative estimate of drug-likeness (QED) is 0.911. The highest BCUT2D eigenvalue weighted by Gasteiger charge is 2.35. The lowest BCUT2D eigenvalue weighted by Gasteiger charge is -2.43. The number of nitrogens with one attached hydrogen (secondary N) is 1. The number of halogens is 2. The first-order valence-corrected chi connectivity index (χ1v) is 7.11. The van der Waals surface area contributed by atoms with Crippen LogP contribution in [0.2, 0.25) is 0 Å². The van der Waals surface area contributed by atoms with Crippen LogP contribution < -0.4 is 5.32 Å². The molecule has 1 heterocycles. The summed E-state index contributed by atoms with van der Waals surface area (Å²) in [4.78, 5) is 13.5. The number of carbonyl (C=O) groups is 1. The third-order valence-corrected chi connectivity index (χ3v) is 3.91. The van der Waals surface area contributed by atoms with E-state index < -0.39 is 11.6 Å². The van der Waals surface area contributed by atoms with Gasteiger partial charge < -0.3 is 5.32 Å². The van der Waals surface area contributed by atoms with E-state index in [9.17, 15) is 13.6 Å². The fourth-order valence-corrected chi connectivity index (χ4v) is 2.73. The van der Waals surface area contributed by atoms with Crippen LogP contribution in [0.5, 0.6) is 0 Å². The van der Waals surface area contributed by atoms with Crippen molar-refractivity contribution >= 4 is 5.91 Å². The molecule has 2 rings (SSSR count). The standard InChI is InChI=1S/C16H19F2N3O/c1-16(2,3)14-7-20-15(22)9-21(14)8-11-4-10(6-19)12(17)5-13(11)18/h4-5,14H,7-9H2,1-3H3,(H,20,22). The van der Waals surface area contributed by atoms with Gasteiger partial charge in [0, 0.05) is 30.8 Å². The number of nitrogens with zero attached hydrogens (tertiary/aromatic N) is 2. The van der Waals surface area contributed by atoms with Crippen molar-refractivity contribution in [2.75, 3.05) is 13.1 Å². The lowest BCUT2D eigenvalue weighted by molar-refractivity contribution is -0.127. The van der Waals surface area contributed by atoms with Gasteiger partial charge in [-0.25, -0.2) is 8.78 Å². The van der Waals surface area contributed by atoms with Gasteiger partial charge in [-0.3, -0.25) is 9.69 Å². The Morgan fingerprint density at radius 3 is 2.64 bits per heavy atom. The van der Waals surface area contributed by atoms with Crippen molar-refractivity contribution < 1.29 is 13.6 Å². The molecular formula is C16H19F2N3O. The van der Waals surface area contributed by atoms with Crippen LogP contribution >= 0.6 is 0 Å². The van der Waals surface area contributed by atoms with Gasteiger partial charge in [0.25, 0.3) is 0 Å². The molecule has 1 amide bonds. The van der Waals surface area contributed by atoms with Crippen molar-refractivity contribution in [3.63, 3.8) is 0 Å². The Morgan fingerprint density at radius 1 is 1.36 bits per heavy atom. The van der Waals surface area contributed by atoms with Gasteiger partial charge in [0.1, 0.15) is 17.7 Å². The van der Waals surface area contributed by atoms with Crippen LogP contribution in [0.15, 0.2) is 12.1 Å². The number of hydrogen-bond acceptors (Lipinski definition) is 3. The van der Waals surface area contributed by atoms with E-state index in [1.165, 1.54) is 6.07 Å². The first-order valence-electron chi connectivity index (χ1n) is 7.11. The molecule has 1 aliphatic heterocycles. The summed E-state index contributed by atoms with van der Waals surface area (Å²) in [5, 5.41) is 11.7. The van der Waals surface area contributed by atoms with Crippen LogP contribution in [-0.4, -0.2) is 29.9 Å². The third kappa shape index (κ3) is 3.42. The number of amides is 1. The highest BCUT2D eigenvalue weighted by atomic mass is 19.1. The fraction of sp³-hybridized carbons (Fsp3) is 0.500. The second-order valence-electron chi connectivity index (χ2n) is 6.63. The van der Waals surface area contributed by atoms with E-state index in [4.69, 9.17) is 5.26 Å². The SMILES string of the molecule is CC(C)(C)C1CNC(=O)CN1Cc1cc(C#N)c(F)cc1F. The topological polar surface area (TPSA) is 56.1 Å². The molecule has 0 aliphatic carbocycles. The number of benzene rings is 1. The van der Waals surface area contributed by atoms with Gasteiger partial charge in [0.15, 0.2) is 0 Å². The third-order valence-electron chi connectivity index (χ3n) is 3.91. The molecule has 0 saturated carbocycles. The molecule has 0 bridgehead atoms. The predicted octanol–water partition coefficient (Wildman–Crippen LogP) is 2.18. The van der Waals surface area contributed by atoms with Crippen molar-refractivity contribution in [3.8, 4) is 6.07 Å². The molecule has 1 N–H and O–H groups in total. The summed E-state index contributed by atoms with van der Waals surface area (Å²) < 4.78 is 27.4. The van der Waals surface area contributed by atoms with Crippen LogP contribution in [-0.2, 0) is 11.3 Å². The van der Waals surface area contributed by atoms with E-state index in [2.05, 4.69) is 5.32 Å². The highest BCUT2D eigenvalue weighted by molar-refractivity contribution is 5.78. The van der Waals surface area contributed by atoms with Gasteiger partial charge >= 0.3 is 0 Å². The average Bonchev–Trinajstić information content (AvgIpc) is 2.40. The number of carbonyl (C=O) groups excluding carboxylic acids is 1. The van der Waals surface area contributed by atoms with E-state index in [0.717, 1.165) is 6.07 Å². The summed E-state index contributed by atoms with van der Waals surface area (Å²) in [6.45, 7) is 6.94. The summed E-state index contributed by atoms with van der Waals surface area (Å²) in [7, 11) is 0. The number of piperazine rings is 1. The maximum absolute atomic E-state index is 14.0. The molecule has 1 saturated heterocycles. The molecule has 0 radical (unpaired) electrons. The van der Waals surface area contributed by atoms with Crippen molar-refractivity contribution in [1.29, 1.82) is 5.26 Å². The summed E-state index contributed by atoms with van der Waals surface area (Å²) in [6.07, 6.45) is 0. The van der Waals surface area contributed by atoms with E-state index in [1.54, 1.807) is 6.07 Å². The Balaban J connectivity index is 2.31. The van der Waals surface area contributed by atoms with Crippen molar-refractivity contribution in [2.24, 2.45) is 5.41 Å². The van der Waals surface area contributed by atoms with E-state index >= 15 is 0 Å². The second kappa shape index (κ2) is 6.01. The average molecular weight is 307 g/mol. The van der Waals surface area contributed by atoms with Crippen LogP contribution in [0.1, 0.15) is 31.9 Å². The van der Waals surface area contributed by atoms with E-state index in [0.29, 0.717) is 6.54 Å². The lowest BCUT2D eigenvalue weighted by Crippen LogP contribution is -2.58. The van der Waals surface area contributed by atoms with Gasteiger partial charge in [-0.1, -0.05) is 20.8 Å². The van der Waals surface area contributed by atoms with Crippen LogP contribution in [0, 0.1) is 28.4 Å². The first kappa shape index (κ1) is 16.4. The summed E-state index contributed by atoms with van der Waals surface area (Å²) in [5.74, 6) is -1.69. The second-order valence-corrected chi connectivity index (χ2v) is 6.63. The Bertz CT molecular complexity index is 632. The normalized spacial score (nSPS) is 19.6. The van der Waals surface area contributed by atoms with Gasteiger partial charge in [-0.05, 0) is 11.5 Å². The predicted molar refractivity (Wildman–Crippen MR) is 77.7 cm³/mol. The summed E-state index contributed by atoms with van der Waals surface area (Å²) >= 11 is 0. The molecule has 118 valence electrons. The number of rotatable bonds is 2. The molecule has 1 atom stereocenters. The molecule has 22 heavy (non-hydrogen) atoms. The van der Waals surface area contributed by atoms with Crippen LogP contribution in [0.25, 0.3) is 0 Å². The Hall–Kier alpha value is -2.00. The minimum atomic E-state index is -0.868. The Morgan fingerprint density at radius 2 is 2.05 bits per heavy atom. The van der Waals surface area contributed by atoms with Gasteiger partial charge in [0.05, 0.1) is 12.1 Å². The lowest BCUT2D eigenvalue weighted by atomic mass is 9.84. The number of hydrogen-bond donors (Lipinski definition) is 1. The van der Waals surface area contributed by atoms with Crippen LogP contribution in [0.3, 0.4) is 0 Å². The molecule has 0 aromatic heterocycles. The summed E-state index contributed by atoms with van der Waals surface area (Å²) in [5.41, 5.74) is -0.0745. The van der Waals surface area contributed by atoms with Crippen LogP contribution in [0.4, 0.5) is 8.78 Å². The smallest absolute Gasteiger partial charge is 0.234 e. The molecular weight excluding hydrogens is 288 g/mol. The Labute approximate surface area is 128 Å². The molecule has 0 spiro atoms. The van der Waals surface area contributed by atoms with Crippen molar-refractivity contribution in [3.05, 3.63) is 34.9 Å². The molecule has 1 aliphatic rings.